The fraction of sp³-hybridized carbons (Fsp3) is 0.538. The van der Waals surface area contributed by atoms with Crippen molar-refractivity contribution >= 4 is 72.0 Å². The van der Waals surface area contributed by atoms with Crippen LogP contribution in [0.5, 0.6) is 0 Å². The maximum atomic E-state index is 14.0. The quantitative estimate of drug-likeness (QED) is 0.222. The predicted octanol–water partition coefficient (Wildman–Crippen LogP) is 8.25. The lowest BCUT2D eigenvalue weighted by Crippen LogP contribution is -2.36. The normalized spacial score (nSPS) is 20.2. The fourth-order valence-corrected chi connectivity index (χ4v) is 8.09. The van der Waals surface area contributed by atoms with E-state index in [4.69, 9.17) is 0 Å². The molecule has 2 aromatic heterocycles. The summed E-state index contributed by atoms with van der Waals surface area (Å²) in [5.41, 5.74) is 1.56. The van der Waals surface area contributed by atoms with Crippen LogP contribution in [-0.2, 0) is 9.59 Å². The molecule has 4 rings (SSSR count). The van der Waals surface area contributed by atoms with Gasteiger partial charge in [0.15, 0.2) is 0 Å². The van der Waals surface area contributed by atoms with Crippen LogP contribution in [0.3, 0.4) is 0 Å². The van der Waals surface area contributed by atoms with E-state index in [2.05, 4.69) is 51.8 Å². The van der Waals surface area contributed by atoms with Crippen molar-refractivity contribution < 1.29 is 9.59 Å². The molecule has 0 aliphatic carbocycles. The summed E-state index contributed by atoms with van der Waals surface area (Å²) < 4.78 is 2.04. The van der Waals surface area contributed by atoms with Gasteiger partial charge in [0.05, 0.1) is 35.7 Å². The van der Waals surface area contributed by atoms with Crippen LogP contribution in [0, 0.1) is 5.92 Å². The molecule has 8 heteroatoms. The highest BCUT2D eigenvalue weighted by Crippen LogP contribution is 2.53. The Morgan fingerprint density at radius 3 is 2.06 bits per heavy atom. The van der Waals surface area contributed by atoms with Gasteiger partial charge >= 0.3 is 0 Å². The summed E-state index contributed by atoms with van der Waals surface area (Å²) in [7, 11) is 0. The van der Waals surface area contributed by atoms with Crippen LogP contribution in [0.1, 0.15) is 81.0 Å². The molecule has 2 aliphatic rings. The Labute approximate surface area is 227 Å². The second-order valence-electron chi connectivity index (χ2n) is 9.04. The monoisotopic (exact) mass is 626 g/mol. The Morgan fingerprint density at radius 2 is 1.47 bits per heavy atom. The maximum Gasteiger partial charge on any atom is 0.253 e. The molecule has 2 aromatic rings. The molecule has 1 fully saturated rings. The zero-order chi connectivity index (χ0) is 24.2. The van der Waals surface area contributed by atoms with Crippen molar-refractivity contribution in [1.29, 1.82) is 0 Å². The SMILES string of the molecule is CCCCCCN1C(=O)C2C(=C1c1ccc(Br)s1)C(=O)N(CCCCCC)C2c1ccc(Br)s1. The van der Waals surface area contributed by atoms with Crippen molar-refractivity contribution in [2.24, 2.45) is 5.92 Å². The van der Waals surface area contributed by atoms with Crippen molar-refractivity contribution in [3.05, 3.63) is 47.2 Å². The molecule has 2 atom stereocenters. The standard InChI is InChI=1S/C26H32Br2N2O2S2/c1-3-5-7-9-15-29-23(17-11-13-19(27)33-17)21-22(25(29)31)24(18-12-14-20(28)34-18)30(26(21)32)16-10-8-6-4-2/h11-14,21,23H,3-10,15-16H2,1-2H3. The Morgan fingerprint density at radius 1 is 0.824 bits per heavy atom. The second-order valence-corrected chi connectivity index (χ2v) is 14.0. The molecule has 4 nitrogen and oxygen atoms in total. The van der Waals surface area contributed by atoms with Crippen molar-refractivity contribution in [3.63, 3.8) is 0 Å². The average molecular weight is 628 g/mol. The first-order valence-electron chi connectivity index (χ1n) is 12.3. The molecule has 0 saturated carbocycles. The molecule has 0 spiro atoms. The largest absolute Gasteiger partial charge is 0.330 e. The lowest BCUT2D eigenvalue weighted by Gasteiger charge is -2.29. The van der Waals surface area contributed by atoms with E-state index < -0.39 is 5.92 Å². The number of rotatable bonds is 12. The number of nitrogens with zero attached hydrogens (tertiary/aromatic N) is 2. The highest BCUT2D eigenvalue weighted by molar-refractivity contribution is 9.11. The van der Waals surface area contributed by atoms with Crippen molar-refractivity contribution in [1.82, 2.24) is 9.80 Å². The molecule has 2 aliphatic heterocycles. The Bertz CT molecular complexity index is 1060. The fourth-order valence-electron chi connectivity index (χ4n) is 5.06. The lowest BCUT2D eigenvalue weighted by atomic mass is 9.95. The number of amides is 2. The molecule has 4 heterocycles. The van der Waals surface area contributed by atoms with Gasteiger partial charge in [0.2, 0.25) is 5.91 Å². The van der Waals surface area contributed by atoms with Gasteiger partial charge in [-0.2, -0.15) is 0 Å². The number of likely N-dealkylation sites (tertiary alicyclic amines) is 1. The molecule has 184 valence electrons. The minimum atomic E-state index is -0.425. The second kappa shape index (κ2) is 11.8. The lowest BCUT2D eigenvalue weighted by molar-refractivity contribution is -0.131. The van der Waals surface area contributed by atoms with Crippen LogP contribution in [0.4, 0.5) is 0 Å². The van der Waals surface area contributed by atoms with E-state index >= 15 is 0 Å². The molecule has 2 unspecified atom stereocenters. The highest BCUT2D eigenvalue weighted by Gasteiger charge is 2.56. The average Bonchev–Trinajstić information content (AvgIpc) is 3.56. The van der Waals surface area contributed by atoms with E-state index in [1.54, 1.807) is 22.7 Å². The number of thiophene rings is 2. The summed E-state index contributed by atoms with van der Waals surface area (Å²) in [6.45, 7) is 5.76. The number of carbonyl (C=O) groups is 2. The first-order valence-corrected chi connectivity index (χ1v) is 15.6. The molecule has 34 heavy (non-hydrogen) atoms. The molecule has 0 bridgehead atoms. The molecule has 1 saturated heterocycles. The van der Waals surface area contributed by atoms with E-state index in [-0.39, 0.29) is 17.9 Å². The number of hydrogen-bond donors (Lipinski definition) is 0. The van der Waals surface area contributed by atoms with Gasteiger partial charge < -0.3 is 9.80 Å². The molecule has 0 radical (unpaired) electrons. The van der Waals surface area contributed by atoms with Gasteiger partial charge in [0.1, 0.15) is 0 Å². The van der Waals surface area contributed by atoms with E-state index in [0.717, 1.165) is 68.0 Å². The summed E-state index contributed by atoms with van der Waals surface area (Å²) in [6.07, 6.45) is 8.78. The Balaban J connectivity index is 1.74. The van der Waals surface area contributed by atoms with Crippen molar-refractivity contribution in [3.8, 4) is 0 Å². The molecule has 0 aromatic carbocycles. The molecular formula is C26H32Br2N2O2S2. The summed E-state index contributed by atoms with van der Waals surface area (Å²) in [4.78, 5) is 34.0. The maximum absolute atomic E-state index is 14.0. The van der Waals surface area contributed by atoms with Crippen LogP contribution in [0.25, 0.3) is 5.70 Å². The minimum absolute atomic E-state index is 0.0416. The zero-order valence-corrected chi connectivity index (χ0v) is 24.6. The summed E-state index contributed by atoms with van der Waals surface area (Å²) in [5.74, 6) is -0.295. The number of fused-ring (bicyclic) bond motifs is 1. The van der Waals surface area contributed by atoms with Crippen LogP contribution < -0.4 is 0 Å². The van der Waals surface area contributed by atoms with Crippen LogP contribution in [0.2, 0.25) is 0 Å². The molecule has 2 amide bonds. The van der Waals surface area contributed by atoms with Gasteiger partial charge in [-0.1, -0.05) is 52.4 Å². The van der Waals surface area contributed by atoms with Crippen LogP contribution in [-0.4, -0.2) is 34.7 Å². The Kier molecular flexibility index (Phi) is 9.10. The molecular weight excluding hydrogens is 596 g/mol. The van der Waals surface area contributed by atoms with Crippen LogP contribution in [0.15, 0.2) is 37.4 Å². The van der Waals surface area contributed by atoms with E-state index in [1.165, 1.54) is 6.42 Å². The zero-order valence-electron chi connectivity index (χ0n) is 19.8. The van der Waals surface area contributed by atoms with E-state index in [9.17, 15) is 9.59 Å². The number of halogens is 2. The van der Waals surface area contributed by atoms with E-state index in [0.29, 0.717) is 18.7 Å². The van der Waals surface area contributed by atoms with Gasteiger partial charge in [-0.25, -0.2) is 0 Å². The predicted molar refractivity (Wildman–Crippen MR) is 149 cm³/mol. The highest BCUT2D eigenvalue weighted by atomic mass is 79.9. The number of carbonyl (C=O) groups excluding carboxylic acids is 2. The number of hydrogen-bond acceptors (Lipinski definition) is 4. The van der Waals surface area contributed by atoms with Gasteiger partial charge in [0.25, 0.3) is 5.91 Å². The Hall–Kier alpha value is -0.960. The summed E-state index contributed by atoms with van der Waals surface area (Å²) in [5, 5.41) is 0. The van der Waals surface area contributed by atoms with Gasteiger partial charge in [-0.3, -0.25) is 9.59 Å². The number of unbranched alkanes of at least 4 members (excludes halogenated alkanes) is 6. The van der Waals surface area contributed by atoms with E-state index in [1.807, 2.05) is 28.0 Å². The van der Waals surface area contributed by atoms with Crippen molar-refractivity contribution in [2.45, 2.75) is 71.3 Å². The van der Waals surface area contributed by atoms with Crippen LogP contribution >= 0.6 is 54.5 Å². The third-order valence-corrected chi connectivity index (χ3v) is 10.0. The topological polar surface area (TPSA) is 40.6 Å². The minimum Gasteiger partial charge on any atom is -0.330 e. The smallest absolute Gasteiger partial charge is 0.253 e. The third-order valence-electron chi connectivity index (χ3n) is 6.69. The van der Waals surface area contributed by atoms with Gasteiger partial charge in [-0.15, -0.1) is 22.7 Å². The third kappa shape index (κ3) is 5.25. The molecule has 0 N–H and O–H groups in total. The first-order chi connectivity index (χ1) is 16.5. The summed E-state index contributed by atoms with van der Waals surface area (Å²) in [6, 6.07) is 7.94. The van der Waals surface area contributed by atoms with Gasteiger partial charge in [-0.05, 0) is 69.0 Å². The first kappa shape index (κ1) is 26.1. The summed E-state index contributed by atoms with van der Waals surface area (Å²) >= 11 is 10.4. The van der Waals surface area contributed by atoms with Gasteiger partial charge in [0, 0.05) is 18.0 Å². The van der Waals surface area contributed by atoms with Crippen molar-refractivity contribution in [2.75, 3.05) is 13.1 Å².